The highest BCUT2D eigenvalue weighted by molar-refractivity contribution is 5.90. The Labute approximate surface area is 137 Å². The van der Waals surface area contributed by atoms with Gasteiger partial charge in [0.2, 0.25) is 5.91 Å². The van der Waals surface area contributed by atoms with Gasteiger partial charge in [-0.25, -0.2) is 0 Å². The molecule has 1 aromatic carbocycles. The van der Waals surface area contributed by atoms with Crippen LogP contribution in [0, 0.1) is 0 Å². The number of alkyl halides is 6. The van der Waals surface area contributed by atoms with E-state index in [1.807, 2.05) is 0 Å². The molecule has 0 atom stereocenters. The third kappa shape index (κ3) is 6.01. The predicted molar refractivity (Wildman–Crippen MR) is 73.9 cm³/mol. The number of anilines is 1. The summed E-state index contributed by atoms with van der Waals surface area (Å²) >= 11 is 0. The van der Waals surface area contributed by atoms with Gasteiger partial charge in [0.05, 0.1) is 0 Å². The predicted octanol–water partition coefficient (Wildman–Crippen LogP) is 3.48. The summed E-state index contributed by atoms with van der Waals surface area (Å²) < 4.78 is 78.6. The lowest BCUT2D eigenvalue weighted by atomic mass is 10.3. The quantitative estimate of drug-likeness (QED) is 0.824. The van der Waals surface area contributed by atoms with Gasteiger partial charge in [-0.15, -0.1) is 0 Å². The molecule has 0 radical (unpaired) electrons. The second-order valence-corrected chi connectivity index (χ2v) is 4.87. The van der Waals surface area contributed by atoms with Crippen molar-refractivity contribution in [3.8, 4) is 5.75 Å². The zero-order valence-corrected chi connectivity index (χ0v) is 12.4. The molecule has 0 spiro atoms. The van der Waals surface area contributed by atoms with Crippen LogP contribution in [0.1, 0.15) is 5.69 Å². The minimum Gasteiger partial charge on any atom is -0.484 e. The van der Waals surface area contributed by atoms with Crippen molar-refractivity contribution in [2.45, 2.75) is 18.9 Å². The molecule has 0 bridgehead atoms. The highest BCUT2D eigenvalue weighted by Crippen LogP contribution is 2.27. The maximum Gasteiger partial charge on any atom is 0.435 e. The van der Waals surface area contributed by atoms with Crippen molar-refractivity contribution in [3.63, 3.8) is 0 Å². The van der Waals surface area contributed by atoms with Crippen molar-refractivity contribution in [1.29, 1.82) is 0 Å². The Kier molecular flexibility index (Phi) is 5.24. The first-order valence-corrected chi connectivity index (χ1v) is 6.73. The number of halogens is 6. The van der Waals surface area contributed by atoms with Crippen LogP contribution in [-0.4, -0.2) is 28.5 Å². The lowest BCUT2D eigenvalue weighted by molar-refractivity contribution is -0.153. The molecule has 1 aromatic heterocycles. The molecule has 5 nitrogen and oxygen atoms in total. The zero-order valence-electron chi connectivity index (χ0n) is 12.4. The number of carbonyl (C=O) groups excluding carboxylic acids is 1. The van der Waals surface area contributed by atoms with Gasteiger partial charge in [-0.05, 0) is 30.3 Å². The van der Waals surface area contributed by atoms with Crippen LogP contribution in [0.5, 0.6) is 5.75 Å². The molecular weight excluding hydrogens is 356 g/mol. The van der Waals surface area contributed by atoms with Gasteiger partial charge in [0, 0.05) is 11.9 Å². The number of benzene rings is 1. The molecule has 0 aliphatic carbocycles. The Balaban J connectivity index is 1.89. The summed E-state index contributed by atoms with van der Waals surface area (Å²) in [6.07, 6.45) is -8.06. The second kappa shape index (κ2) is 7.03. The van der Waals surface area contributed by atoms with Gasteiger partial charge in [0.1, 0.15) is 12.3 Å². The van der Waals surface area contributed by atoms with Crippen molar-refractivity contribution >= 4 is 11.6 Å². The van der Waals surface area contributed by atoms with Crippen molar-refractivity contribution in [2.24, 2.45) is 0 Å². The van der Waals surface area contributed by atoms with E-state index in [-0.39, 0.29) is 11.4 Å². The SMILES string of the molecule is O=C(Cn1ccc(C(F)(F)F)n1)Nc1ccc(OCC(F)(F)F)cc1. The number of amides is 1. The third-order valence-electron chi connectivity index (χ3n) is 2.78. The fraction of sp³-hybridized carbons (Fsp3) is 0.286. The normalized spacial score (nSPS) is 12.1. The summed E-state index contributed by atoms with van der Waals surface area (Å²) in [5.41, 5.74) is -0.876. The molecule has 0 saturated heterocycles. The van der Waals surface area contributed by atoms with Crippen LogP contribution in [0.3, 0.4) is 0 Å². The molecule has 1 N–H and O–H groups in total. The Morgan fingerprint density at radius 2 is 1.72 bits per heavy atom. The molecule has 0 fully saturated rings. The highest BCUT2D eigenvalue weighted by atomic mass is 19.4. The van der Waals surface area contributed by atoms with Gasteiger partial charge >= 0.3 is 12.4 Å². The molecule has 0 saturated carbocycles. The fourth-order valence-corrected chi connectivity index (χ4v) is 1.75. The molecule has 0 unspecified atom stereocenters. The van der Waals surface area contributed by atoms with E-state index >= 15 is 0 Å². The topological polar surface area (TPSA) is 56.2 Å². The van der Waals surface area contributed by atoms with Crippen LogP contribution in [0.2, 0.25) is 0 Å². The van der Waals surface area contributed by atoms with Crippen LogP contribution in [0.25, 0.3) is 0 Å². The molecule has 0 aliphatic rings. The summed E-state index contributed by atoms with van der Waals surface area (Å²) in [4.78, 5) is 11.7. The smallest absolute Gasteiger partial charge is 0.435 e. The van der Waals surface area contributed by atoms with Crippen LogP contribution in [0.4, 0.5) is 32.0 Å². The van der Waals surface area contributed by atoms with Gasteiger partial charge in [0.25, 0.3) is 0 Å². The van der Waals surface area contributed by atoms with Crippen LogP contribution >= 0.6 is 0 Å². The van der Waals surface area contributed by atoms with E-state index in [1.54, 1.807) is 0 Å². The molecule has 11 heteroatoms. The van der Waals surface area contributed by atoms with E-state index in [4.69, 9.17) is 0 Å². The number of aromatic nitrogens is 2. The maximum atomic E-state index is 12.4. The molecule has 136 valence electrons. The van der Waals surface area contributed by atoms with E-state index in [1.165, 1.54) is 24.3 Å². The summed E-state index contributed by atoms with van der Waals surface area (Å²) in [5, 5.41) is 5.61. The Bertz CT molecular complexity index is 721. The largest absolute Gasteiger partial charge is 0.484 e. The van der Waals surface area contributed by atoms with Crippen LogP contribution < -0.4 is 10.1 Å². The first-order valence-electron chi connectivity index (χ1n) is 6.73. The number of nitrogens with zero attached hydrogens (tertiary/aromatic N) is 2. The van der Waals surface area contributed by atoms with Crippen molar-refractivity contribution < 1.29 is 35.9 Å². The summed E-state index contributed by atoms with van der Waals surface area (Å²) in [7, 11) is 0. The average Bonchev–Trinajstić information content (AvgIpc) is 2.94. The first kappa shape index (κ1) is 18.6. The van der Waals surface area contributed by atoms with Gasteiger partial charge in [0.15, 0.2) is 12.3 Å². The molecular formula is C14H11F6N3O2. The standard InChI is InChI=1S/C14H11F6N3O2/c15-13(16,17)8-25-10-3-1-9(2-4-10)21-12(24)7-23-6-5-11(22-23)14(18,19)20/h1-6H,7-8H2,(H,21,24). The molecule has 2 aromatic rings. The van der Waals surface area contributed by atoms with E-state index in [0.29, 0.717) is 0 Å². The maximum absolute atomic E-state index is 12.4. The summed E-state index contributed by atoms with van der Waals surface area (Å²) in [6.45, 7) is -1.90. The fourth-order valence-electron chi connectivity index (χ4n) is 1.75. The molecule has 2 rings (SSSR count). The summed E-state index contributed by atoms with van der Waals surface area (Å²) in [6, 6.07) is 5.77. The molecule has 1 amide bonds. The highest BCUT2D eigenvalue weighted by Gasteiger charge is 2.33. The van der Waals surface area contributed by atoms with E-state index in [9.17, 15) is 31.1 Å². The monoisotopic (exact) mass is 367 g/mol. The number of rotatable bonds is 5. The number of ether oxygens (including phenoxy) is 1. The van der Waals surface area contributed by atoms with Gasteiger partial charge in [-0.2, -0.15) is 31.4 Å². The number of hydrogen-bond donors (Lipinski definition) is 1. The number of nitrogens with one attached hydrogen (secondary N) is 1. The van der Waals surface area contributed by atoms with E-state index in [0.717, 1.165) is 16.9 Å². The third-order valence-corrected chi connectivity index (χ3v) is 2.78. The van der Waals surface area contributed by atoms with Crippen molar-refractivity contribution in [1.82, 2.24) is 9.78 Å². The van der Waals surface area contributed by atoms with Crippen LogP contribution in [-0.2, 0) is 17.5 Å². The summed E-state index contributed by atoms with van der Waals surface area (Å²) in [5.74, 6) is -0.696. The van der Waals surface area contributed by atoms with Gasteiger partial charge in [-0.1, -0.05) is 0 Å². The molecule has 1 heterocycles. The van der Waals surface area contributed by atoms with Gasteiger partial charge in [-0.3, -0.25) is 9.48 Å². The van der Waals surface area contributed by atoms with E-state index < -0.39 is 37.1 Å². The second-order valence-electron chi connectivity index (χ2n) is 4.87. The van der Waals surface area contributed by atoms with Crippen molar-refractivity contribution in [3.05, 3.63) is 42.2 Å². The number of carbonyl (C=O) groups is 1. The minimum absolute atomic E-state index is 0.0442. The Morgan fingerprint density at radius 1 is 1.08 bits per heavy atom. The van der Waals surface area contributed by atoms with E-state index in [2.05, 4.69) is 15.2 Å². The first-order chi connectivity index (χ1) is 11.5. The van der Waals surface area contributed by atoms with Crippen molar-refractivity contribution in [2.75, 3.05) is 11.9 Å². The molecule has 0 aliphatic heterocycles. The lowest BCUT2D eigenvalue weighted by Crippen LogP contribution is -2.20. The Morgan fingerprint density at radius 3 is 2.24 bits per heavy atom. The average molecular weight is 367 g/mol. The number of hydrogen-bond acceptors (Lipinski definition) is 3. The zero-order chi connectivity index (χ0) is 18.7. The minimum atomic E-state index is -4.60. The Hall–Kier alpha value is -2.72. The van der Waals surface area contributed by atoms with Gasteiger partial charge < -0.3 is 10.1 Å². The lowest BCUT2D eigenvalue weighted by Gasteiger charge is -2.10. The molecule has 25 heavy (non-hydrogen) atoms. The van der Waals surface area contributed by atoms with Crippen LogP contribution in [0.15, 0.2) is 36.5 Å².